The van der Waals surface area contributed by atoms with Gasteiger partial charge < -0.3 is 10.2 Å². The van der Waals surface area contributed by atoms with Crippen LogP contribution in [-0.4, -0.2) is 25.0 Å². The minimum atomic E-state index is -0.110. The van der Waals surface area contributed by atoms with Gasteiger partial charge in [-0.1, -0.05) is 30.3 Å². The maximum atomic E-state index is 12.6. The van der Waals surface area contributed by atoms with Gasteiger partial charge in [-0.25, -0.2) is 4.98 Å². The van der Waals surface area contributed by atoms with E-state index in [9.17, 15) is 4.79 Å². The van der Waals surface area contributed by atoms with Crippen LogP contribution in [0.3, 0.4) is 0 Å². The predicted molar refractivity (Wildman–Crippen MR) is 104 cm³/mol. The zero-order valence-electron chi connectivity index (χ0n) is 14.6. The Kier molecular flexibility index (Phi) is 5.14. The Bertz CT molecular complexity index is 872. The van der Waals surface area contributed by atoms with E-state index in [-0.39, 0.29) is 5.91 Å². The van der Waals surface area contributed by atoms with Gasteiger partial charge in [0.25, 0.3) is 5.91 Å². The fraction of sp³-hybridized carbons (Fsp3) is 0.200. The van der Waals surface area contributed by atoms with E-state index >= 15 is 0 Å². The first-order chi connectivity index (χ1) is 12.1. The van der Waals surface area contributed by atoms with E-state index in [1.807, 2.05) is 66.8 Å². The highest BCUT2D eigenvalue weighted by atomic mass is 32.1. The van der Waals surface area contributed by atoms with Crippen LogP contribution in [0.1, 0.15) is 20.8 Å². The predicted octanol–water partition coefficient (Wildman–Crippen LogP) is 4.11. The number of aromatic nitrogens is 1. The first kappa shape index (κ1) is 17.2. The van der Waals surface area contributed by atoms with Crippen molar-refractivity contribution in [2.75, 3.05) is 19.0 Å². The summed E-state index contributed by atoms with van der Waals surface area (Å²) in [6.45, 7) is 2.59. The van der Waals surface area contributed by atoms with Crippen LogP contribution in [0, 0.1) is 6.92 Å². The molecule has 3 rings (SSSR count). The summed E-state index contributed by atoms with van der Waals surface area (Å²) in [5.74, 6) is 0.561. The van der Waals surface area contributed by atoms with Crippen LogP contribution in [0.2, 0.25) is 0 Å². The number of rotatable bonds is 5. The Morgan fingerprint density at radius 1 is 1.12 bits per heavy atom. The molecule has 128 valence electrons. The van der Waals surface area contributed by atoms with Gasteiger partial charge in [-0.2, -0.15) is 0 Å². The van der Waals surface area contributed by atoms with Crippen molar-refractivity contribution in [2.24, 2.45) is 0 Å². The minimum absolute atomic E-state index is 0.110. The molecule has 4 nitrogen and oxygen atoms in total. The van der Waals surface area contributed by atoms with E-state index in [2.05, 4.69) is 18.3 Å². The summed E-state index contributed by atoms with van der Waals surface area (Å²) in [5.41, 5.74) is 3.70. The third-order valence-corrected chi connectivity index (χ3v) is 4.84. The smallest absolute Gasteiger partial charge is 0.255 e. The number of anilines is 1. The molecule has 3 aromatic rings. The lowest BCUT2D eigenvalue weighted by atomic mass is 10.0. The van der Waals surface area contributed by atoms with Crippen molar-refractivity contribution in [3.05, 3.63) is 69.9 Å². The van der Waals surface area contributed by atoms with Gasteiger partial charge in [0.05, 0.1) is 17.8 Å². The number of hydrogen-bond donors (Lipinski definition) is 1. The fourth-order valence-corrected chi connectivity index (χ4v) is 3.30. The Hall–Kier alpha value is -2.66. The second kappa shape index (κ2) is 7.49. The zero-order valence-corrected chi connectivity index (χ0v) is 15.4. The highest BCUT2D eigenvalue weighted by Gasteiger charge is 2.16. The summed E-state index contributed by atoms with van der Waals surface area (Å²) < 4.78 is 0. The lowest BCUT2D eigenvalue weighted by molar-refractivity contribution is 0.0951. The Morgan fingerprint density at radius 3 is 2.60 bits per heavy atom. The fourth-order valence-electron chi connectivity index (χ4n) is 2.65. The molecule has 0 fully saturated rings. The van der Waals surface area contributed by atoms with Crippen LogP contribution < -0.4 is 10.2 Å². The maximum absolute atomic E-state index is 12.6. The normalized spacial score (nSPS) is 10.5. The van der Waals surface area contributed by atoms with Crippen molar-refractivity contribution < 1.29 is 4.79 Å². The Balaban J connectivity index is 1.89. The number of nitrogens with zero attached hydrogens (tertiary/aromatic N) is 2. The van der Waals surface area contributed by atoms with Crippen LogP contribution in [0.15, 0.2) is 53.9 Å². The lowest BCUT2D eigenvalue weighted by Gasteiger charge is -2.17. The van der Waals surface area contributed by atoms with Gasteiger partial charge >= 0.3 is 0 Å². The molecule has 1 amide bonds. The lowest BCUT2D eigenvalue weighted by Crippen LogP contribution is -2.25. The molecule has 0 bridgehead atoms. The molecule has 2 aromatic heterocycles. The van der Waals surface area contributed by atoms with Gasteiger partial charge in [0.2, 0.25) is 0 Å². The summed E-state index contributed by atoms with van der Waals surface area (Å²) in [6, 6.07) is 15.9. The van der Waals surface area contributed by atoms with Crippen molar-refractivity contribution in [2.45, 2.75) is 13.5 Å². The highest BCUT2D eigenvalue weighted by molar-refractivity contribution is 7.09. The summed E-state index contributed by atoms with van der Waals surface area (Å²) in [5, 5.41) is 4.98. The molecule has 0 aliphatic rings. The molecule has 1 aromatic carbocycles. The molecule has 0 atom stereocenters. The number of hydrogen-bond acceptors (Lipinski definition) is 4. The number of thiophene rings is 1. The molecule has 0 saturated carbocycles. The van der Waals surface area contributed by atoms with Gasteiger partial charge in [0.15, 0.2) is 0 Å². The van der Waals surface area contributed by atoms with Crippen molar-refractivity contribution in [3.63, 3.8) is 0 Å². The first-order valence-electron chi connectivity index (χ1n) is 8.11. The quantitative estimate of drug-likeness (QED) is 0.752. The molecule has 0 unspecified atom stereocenters. The molecule has 5 heteroatoms. The monoisotopic (exact) mass is 351 g/mol. The van der Waals surface area contributed by atoms with E-state index in [4.69, 9.17) is 4.98 Å². The molecular weight excluding hydrogens is 330 g/mol. The topological polar surface area (TPSA) is 45.2 Å². The first-order valence-corrected chi connectivity index (χ1v) is 8.99. The van der Waals surface area contributed by atoms with E-state index in [0.29, 0.717) is 17.9 Å². The summed E-state index contributed by atoms with van der Waals surface area (Å²) in [6.07, 6.45) is 0. The summed E-state index contributed by atoms with van der Waals surface area (Å²) >= 11 is 1.63. The number of nitrogens with one attached hydrogen (secondary N) is 1. The number of carbonyl (C=O) groups excluding carboxylic acids is 1. The minimum Gasteiger partial charge on any atom is -0.362 e. The number of carbonyl (C=O) groups is 1. The van der Waals surface area contributed by atoms with Gasteiger partial charge in [-0.3, -0.25) is 4.79 Å². The largest absolute Gasteiger partial charge is 0.362 e. The molecule has 0 radical (unpaired) electrons. The number of benzene rings is 1. The SMILES string of the molecule is Cc1ccccc1-c1ccc(C(=O)NCc2cccs2)c(N(C)C)n1. The number of pyridine rings is 1. The van der Waals surface area contributed by atoms with E-state index in [1.165, 1.54) is 0 Å². The molecular formula is C20H21N3OS. The molecule has 0 aliphatic heterocycles. The molecule has 25 heavy (non-hydrogen) atoms. The third kappa shape index (κ3) is 3.88. The summed E-state index contributed by atoms with van der Waals surface area (Å²) in [7, 11) is 3.81. The van der Waals surface area contributed by atoms with E-state index in [0.717, 1.165) is 21.7 Å². The highest BCUT2D eigenvalue weighted by Crippen LogP contribution is 2.26. The average molecular weight is 351 g/mol. The second-order valence-corrected chi connectivity index (χ2v) is 7.07. The van der Waals surface area contributed by atoms with Crippen molar-refractivity contribution in [1.82, 2.24) is 10.3 Å². The Labute approximate surface area is 152 Å². The zero-order chi connectivity index (χ0) is 17.8. The molecule has 1 N–H and O–H groups in total. The van der Waals surface area contributed by atoms with Crippen LogP contribution >= 0.6 is 11.3 Å². The van der Waals surface area contributed by atoms with Gasteiger partial charge in [0.1, 0.15) is 5.82 Å². The van der Waals surface area contributed by atoms with Gasteiger partial charge in [0, 0.05) is 24.5 Å². The molecule has 0 aliphatic carbocycles. The van der Waals surface area contributed by atoms with Crippen molar-refractivity contribution in [1.29, 1.82) is 0 Å². The van der Waals surface area contributed by atoms with Crippen LogP contribution in [-0.2, 0) is 6.54 Å². The number of aryl methyl sites for hydroxylation is 1. The van der Waals surface area contributed by atoms with E-state index in [1.54, 1.807) is 11.3 Å². The van der Waals surface area contributed by atoms with Crippen LogP contribution in [0.5, 0.6) is 0 Å². The average Bonchev–Trinajstić information content (AvgIpc) is 3.13. The molecule has 2 heterocycles. The summed E-state index contributed by atoms with van der Waals surface area (Å²) in [4.78, 5) is 20.3. The second-order valence-electron chi connectivity index (χ2n) is 6.04. The van der Waals surface area contributed by atoms with E-state index < -0.39 is 0 Å². The molecule has 0 spiro atoms. The Morgan fingerprint density at radius 2 is 1.92 bits per heavy atom. The van der Waals surface area contributed by atoms with Gasteiger partial charge in [-0.05, 0) is 36.1 Å². The van der Waals surface area contributed by atoms with Gasteiger partial charge in [-0.15, -0.1) is 11.3 Å². The van der Waals surface area contributed by atoms with Crippen LogP contribution in [0.25, 0.3) is 11.3 Å². The standard InChI is InChI=1S/C20H21N3OS/c1-14-7-4-5-9-16(14)18-11-10-17(19(22-18)23(2)3)20(24)21-13-15-8-6-12-25-15/h4-12H,13H2,1-3H3,(H,21,24). The van der Waals surface area contributed by atoms with Crippen LogP contribution in [0.4, 0.5) is 5.82 Å². The third-order valence-electron chi connectivity index (χ3n) is 3.97. The van der Waals surface area contributed by atoms with Crippen molar-refractivity contribution >= 4 is 23.1 Å². The molecule has 0 saturated heterocycles. The van der Waals surface area contributed by atoms with Crippen molar-refractivity contribution in [3.8, 4) is 11.3 Å². The maximum Gasteiger partial charge on any atom is 0.255 e. The number of amides is 1.